The van der Waals surface area contributed by atoms with Gasteiger partial charge in [-0.1, -0.05) is 6.07 Å². The average Bonchev–Trinajstić information content (AvgIpc) is 3.21. The second-order valence-corrected chi connectivity index (χ2v) is 6.35. The van der Waals surface area contributed by atoms with Crippen LogP contribution >= 0.6 is 0 Å². The number of methoxy groups -OCH3 is 2. The van der Waals surface area contributed by atoms with Crippen LogP contribution in [0.4, 0.5) is 10.5 Å². The van der Waals surface area contributed by atoms with Crippen molar-refractivity contribution < 1.29 is 43.5 Å². The van der Waals surface area contributed by atoms with Crippen LogP contribution in [0.15, 0.2) is 48.6 Å². The van der Waals surface area contributed by atoms with Crippen molar-refractivity contribution in [2.45, 2.75) is 12.2 Å². The van der Waals surface area contributed by atoms with Gasteiger partial charge in [0.2, 0.25) is 6.79 Å². The summed E-state index contributed by atoms with van der Waals surface area (Å²) >= 11 is 0. The molecule has 2 aromatic carbocycles. The first-order chi connectivity index (χ1) is 14.9. The molecule has 0 fully saturated rings. The number of aromatic hydroxyl groups is 1. The quantitative estimate of drug-likeness (QED) is 0.539. The van der Waals surface area contributed by atoms with E-state index in [0.29, 0.717) is 22.7 Å². The number of phenolic OH excluding ortho intramolecular Hbond substituents is 1. The maximum atomic E-state index is 12.6. The number of carbonyl (C=O) groups is 2. The molecule has 3 N–H and O–H groups in total. The molecule has 2 aromatic rings. The Bertz CT molecular complexity index is 989. The van der Waals surface area contributed by atoms with E-state index in [0.717, 1.165) is 6.08 Å². The fraction of sp³-hybridized carbons (Fsp3) is 0.238. The van der Waals surface area contributed by atoms with E-state index in [1.54, 1.807) is 24.3 Å². The largest absolute Gasteiger partial charge is 0.504 e. The number of hydrogen-bond acceptors (Lipinski definition) is 8. The van der Waals surface area contributed by atoms with Gasteiger partial charge in [0.1, 0.15) is 6.10 Å². The van der Waals surface area contributed by atoms with Crippen molar-refractivity contribution in [1.29, 1.82) is 0 Å². The Balaban J connectivity index is 1.83. The number of carboxylic acids is 1. The minimum atomic E-state index is -1.19. The third-order valence-corrected chi connectivity index (χ3v) is 4.38. The van der Waals surface area contributed by atoms with Crippen molar-refractivity contribution >= 4 is 17.7 Å². The van der Waals surface area contributed by atoms with Gasteiger partial charge in [0, 0.05) is 24.9 Å². The van der Waals surface area contributed by atoms with E-state index in [2.05, 4.69) is 5.32 Å². The van der Waals surface area contributed by atoms with E-state index in [9.17, 15) is 14.7 Å². The molecule has 1 heterocycles. The number of nitrogens with one attached hydrogen (secondary N) is 1. The van der Waals surface area contributed by atoms with Crippen molar-refractivity contribution in [2.24, 2.45) is 0 Å². The molecule has 164 valence electrons. The van der Waals surface area contributed by atoms with Gasteiger partial charge in [-0.15, -0.1) is 0 Å². The highest BCUT2D eigenvalue weighted by atomic mass is 16.7. The first kappa shape index (κ1) is 21.8. The van der Waals surface area contributed by atoms with E-state index in [1.165, 1.54) is 32.4 Å². The molecule has 1 aliphatic heterocycles. The van der Waals surface area contributed by atoms with E-state index in [-0.39, 0.29) is 18.3 Å². The van der Waals surface area contributed by atoms with Crippen LogP contribution in [0.3, 0.4) is 0 Å². The zero-order chi connectivity index (χ0) is 22.4. The highest BCUT2D eigenvalue weighted by molar-refractivity contribution is 5.85. The molecule has 0 radical (unpaired) electrons. The highest BCUT2D eigenvalue weighted by Gasteiger charge is 2.27. The molecule has 0 saturated heterocycles. The third kappa shape index (κ3) is 5.37. The number of aliphatic carboxylic acids is 1. The molecule has 3 rings (SSSR count). The zero-order valence-corrected chi connectivity index (χ0v) is 16.7. The van der Waals surface area contributed by atoms with Gasteiger partial charge in [-0.3, -0.25) is 5.32 Å². The molecule has 2 atom stereocenters. The molecular formula is C21H21NO9. The Hall–Kier alpha value is -3.92. The van der Waals surface area contributed by atoms with Crippen LogP contribution in [0.2, 0.25) is 0 Å². The van der Waals surface area contributed by atoms with Gasteiger partial charge >= 0.3 is 12.1 Å². The Kier molecular flexibility index (Phi) is 6.83. The lowest BCUT2D eigenvalue weighted by molar-refractivity contribution is -0.131. The van der Waals surface area contributed by atoms with Crippen molar-refractivity contribution in [2.75, 3.05) is 26.3 Å². The normalized spacial score (nSPS) is 14.1. The SMILES string of the molecule is COc1ccc([C@@H](OC(=O)Nc2ccc3c(c2)OCO3)[C@@H](/C=C/C(=O)O)OC)cc1O. The summed E-state index contributed by atoms with van der Waals surface area (Å²) in [5.41, 5.74) is 0.765. The monoisotopic (exact) mass is 431 g/mol. The summed E-state index contributed by atoms with van der Waals surface area (Å²) in [5, 5.41) is 21.6. The summed E-state index contributed by atoms with van der Waals surface area (Å²) in [6, 6.07) is 9.24. The Morgan fingerprint density at radius 3 is 2.58 bits per heavy atom. The molecule has 0 unspecified atom stereocenters. The third-order valence-electron chi connectivity index (χ3n) is 4.38. The smallest absolute Gasteiger partial charge is 0.412 e. The Morgan fingerprint density at radius 2 is 1.90 bits per heavy atom. The van der Waals surface area contributed by atoms with Gasteiger partial charge in [0.25, 0.3) is 0 Å². The number of carboxylic acid groups (broad SMARTS) is 1. The summed E-state index contributed by atoms with van der Waals surface area (Å²) < 4.78 is 26.4. The Morgan fingerprint density at radius 1 is 1.13 bits per heavy atom. The number of phenols is 1. The minimum Gasteiger partial charge on any atom is -0.504 e. The van der Waals surface area contributed by atoms with Gasteiger partial charge in [0.05, 0.1) is 7.11 Å². The van der Waals surface area contributed by atoms with Gasteiger partial charge < -0.3 is 33.9 Å². The maximum absolute atomic E-state index is 12.6. The number of ether oxygens (including phenoxy) is 5. The lowest BCUT2D eigenvalue weighted by Gasteiger charge is -2.24. The molecule has 31 heavy (non-hydrogen) atoms. The van der Waals surface area contributed by atoms with Crippen molar-refractivity contribution in [3.8, 4) is 23.0 Å². The van der Waals surface area contributed by atoms with Crippen LogP contribution in [-0.2, 0) is 14.3 Å². The summed E-state index contributed by atoms with van der Waals surface area (Å²) in [4.78, 5) is 23.5. The molecular weight excluding hydrogens is 410 g/mol. The first-order valence-corrected chi connectivity index (χ1v) is 9.09. The fourth-order valence-electron chi connectivity index (χ4n) is 2.93. The first-order valence-electron chi connectivity index (χ1n) is 9.09. The lowest BCUT2D eigenvalue weighted by atomic mass is 10.0. The van der Waals surface area contributed by atoms with Crippen molar-refractivity contribution in [1.82, 2.24) is 0 Å². The number of carbonyl (C=O) groups excluding carboxylic acids is 1. The molecule has 1 aliphatic rings. The second kappa shape index (κ2) is 9.72. The summed E-state index contributed by atoms with van der Waals surface area (Å²) in [6.45, 7) is 0.0949. The molecule has 10 nitrogen and oxygen atoms in total. The van der Waals surface area contributed by atoms with Crippen LogP contribution in [-0.4, -0.2) is 49.4 Å². The Labute approximate surface area is 177 Å². The highest BCUT2D eigenvalue weighted by Crippen LogP contribution is 2.35. The number of benzene rings is 2. The number of rotatable bonds is 8. The molecule has 0 aromatic heterocycles. The van der Waals surface area contributed by atoms with Crippen LogP contribution in [0.25, 0.3) is 0 Å². The van der Waals surface area contributed by atoms with Crippen LogP contribution in [0.1, 0.15) is 11.7 Å². The lowest BCUT2D eigenvalue weighted by Crippen LogP contribution is -2.27. The van der Waals surface area contributed by atoms with Gasteiger partial charge in [0.15, 0.2) is 29.1 Å². The number of fused-ring (bicyclic) bond motifs is 1. The standard InChI is InChI=1S/C21H21NO9/c1-27-15-5-3-12(9-14(15)23)20(17(28-2)7-8-19(24)25)31-21(26)22-13-4-6-16-18(10-13)30-11-29-16/h3-10,17,20,23H,11H2,1-2H3,(H,22,26)(H,24,25)/b8-7+/t17-,20-/m1/s1. The fourth-order valence-corrected chi connectivity index (χ4v) is 2.93. The molecule has 10 heteroatoms. The van der Waals surface area contributed by atoms with E-state index in [1.807, 2.05) is 0 Å². The molecule has 0 aliphatic carbocycles. The molecule has 0 saturated carbocycles. The summed E-state index contributed by atoms with van der Waals surface area (Å²) in [6.07, 6.45) is -0.742. The van der Waals surface area contributed by atoms with E-state index >= 15 is 0 Å². The second-order valence-electron chi connectivity index (χ2n) is 6.35. The van der Waals surface area contributed by atoms with Gasteiger partial charge in [-0.05, 0) is 35.9 Å². The number of anilines is 1. The van der Waals surface area contributed by atoms with Crippen LogP contribution in [0.5, 0.6) is 23.0 Å². The zero-order valence-electron chi connectivity index (χ0n) is 16.7. The topological polar surface area (TPSA) is 133 Å². The number of hydrogen-bond donors (Lipinski definition) is 3. The van der Waals surface area contributed by atoms with E-state index in [4.69, 9.17) is 28.8 Å². The van der Waals surface area contributed by atoms with Crippen molar-refractivity contribution in [3.05, 3.63) is 54.1 Å². The van der Waals surface area contributed by atoms with Gasteiger partial charge in [-0.25, -0.2) is 9.59 Å². The van der Waals surface area contributed by atoms with E-state index < -0.39 is 24.3 Å². The number of amides is 1. The van der Waals surface area contributed by atoms with Gasteiger partial charge in [-0.2, -0.15) is 0 Å². The summed E-state index contributed by atoms with van der Waals surface area (Å²) in [7, 11) is 2.74. The molecule has 0 bridgehead atoms. The molecule has 1 amide bonds. The maximum Gasteiger partial charge on any atom is 0.412 e. The summed E-state index contributed by atoms with van der Waals surface area (Å²) in [5.74, 6) is -0.107. The average molecular weight is 431 g/mol. The predicted molar refractivity (Wildman–Crippen MR) is 108 cm³/mol. The van der Waals surface area contributed by atoms with Crippen LogP contribution < -0.4 is 19.5 Å². The minimum absolute atomic E-state index is 0.0949. The molecule has 0 spiro atoms. The predicted octanol–water partition coefficient (Wildman–Crippen LogP) is 3.08. The van der Waals surface area contributed by atoms with Crippen LogP contribution in [0, 0.1) is 0 Å². The van der Waals surface area contributed by atoms with Crippen molar-refractivity contribution in [3.63, 3.8) is 0 Å².